The highest BCUT2D eigenvalue weighted by molar-refractivity contribution is 5.52. The second kappa shape index (κ2) is 7.12. The highest BCUT2D eigenvalue weighted by Crippen LogP contribution is 2.17. The Kier molecular flexibility index (Phi) is 5.20. The lowest BCUT2D eigenvalue weighted by Crippen LogP contribution is -2.25. The van der Waals surface area contributed by atoms with Crippen molar-refractivity contribution < 1.29 is 4.52 Å². The van der Waals surface area contributed by atoms with E-state index in [0.717, 1.165) is 43.1 Å². The second-order valence-corrected chi connectivity index (χ2v) is 4.53. The van der Waals surface area contributed by atoms with E-state index in [9.17, 15) is 0 Å². The van der Waals surface area contributed by atoms with Crippen molar-refractivity contribution in [1.82, 2.24) is 20.0 Å². The fourth-order valence-electron chi connectivity index (χ4n) is 1.99. The van der Waals surface area contributed by atoms with Crippen LogP contribution in [0.2, 0.25) is 0 Å². The second-order valence-electron chi connectivity index (χ2n) is 4.53. The molecule has 0 bridgehead atoms. The molecule has 0 spiro atoms. The van der Waals surface area contributed by atoms with Gasteiger partial charge in [-0.05, 0) is 25.2 Å². The molecule has 6 heteroatoms. The lowest BCUT2D eigenvalue weighted by atomic mass is 10.2. The minimum absolute atomic E-state index is 0.400. The monoisotopic (exact) mass is 275 g/mol. The number of pyridine rings is 1. The fourth-order valence-corrected chi connectivity index (χ4v) is 1.99. The normalized spacial score (nSPS) is 11.2. The van der Waals surface area contributed by atoms with Gasteiger partial charge in [-0.3, -0.25) is 4.98 Å². The average Bonchev–Trinajstić information content (AvgIpc) is 2.97. The predicted octanol–water partition coefficient (Wildman–Crippen LogP) is 1.47. The summed E-state index contributed by atoms with van der Waals surface area (Å²) in [6, 6.07) is 3.72. The van der Waals surface area contributed by atoms with Gasteiger partial charge in [0.1, 0.15) is 0 Å². The fraction of sp³-hybridized carbons (Fsp3) is 0.500. The zero-order chi connectivity index (χ0) is 14.4. The molecule has 2 heterocycles. The van der Waals surface area contributed by atoms with Gasteiger partial charge < -0.3 is 15.2 Å². The van der Waals surface area contributed by atoms with Crippen LogP contribution in [0.3, 0.4) is 0 Å². The summed E-state index contributed by atoms with van der Waals surface area (Å²) in [5, 5.41) is 4.02. The van der Waals surface area contributed by atoms with Gasteiger partial charge in [0.15, 0.2) is 5.82 Å². The van der Waals surface area contributed by atoms with Gasteiger partial charge >= 0.3 is 0 Å². The van der Waals surface area contributed by atoms with E-state index in [1.807, 2.05) is 12.1 Å². The zero-order valence-corrected chi connectivity index (χ0v) is 12.0. The molecule has 0 aliphatic carbocycles. The van der Waals surface area contributed by atoms with E-state index in [2.05, 4.69) is 33.9 Å². The van der Waals surface area contributed by atoms with Crippen molar-refractivity contribution in [2.24, 2.45) is 5.73 Å². The Hall–Kier alpha value is -1.79. The first-order chi connectivity index (χ1) is 9.76. The lowest BCUT2D eigenvalue weighted by molar-refractivity contribution is 0.303. The lowest BCUT2D eigenvalue weighted by Gasteiger charge is -2.16. The minimum atomic E-state index is 0.400. The van der Waals surface area contributed by atoms with Crippen molar-refractivity contribution in [2.75, 3.05) is 19.6 Å². The number of hydrogen-bond donors (Lipinski definition) is 1. The van der Waals surface area contributed by atoms with Crippen molar-refractivity contribution in [2.45, 2.75) is 26.8 Å². The SMILES string of the molecule is CCN(CC)CCc1noc(-c2ccnc(CN)c2)n1. The summed E-state index contributed by atoms with van der Waals surface area (Å²) in [6.45, 7) is 7.71. The minimum Gasteiger partial charge on any atom is -0.334 e. The third kappa shape index (κ3) is 3.61. The predicted molar refractivity (Wildman–Crippen MR) is 76.9 cm³/mol. The topological polar surface area (TPSA) is 81.1 Å². The summed E-state index contributed by atoms with van der Waals surface area (Å²) in [6.07, 6.45) is 2.50. The molecule has 0 saturated heterocycles. The molecule has 0 amide bonds. The maximum absolute atomic E-state index is 5.58. The molecule has 6 nitrogen and oxygen atoms in total. The van der Waals surface area contributed by atoms with Gasteiger partial charge in [-0.1, -0.05) is 19.0 Å². The van der Waals surface area contributed by atoms with Crippen molar-refractivity contribution >= 4 is 0 Å². The number of nitrogens with zero attached hydrogens (tertiary/aromatic N) is 4. The van der Waals surface area contributed by atoms with Crippen molar-refractivity contribution in [1.29, 1.82) is 0 Å². The Balaban J connectivity index is 2.04. The van der Waals surface area contributed by atoms with E-state index in [1.165, 1.54) is 0 Å². The zero-order valence-electron chi connectivity index (χ0n) is 12.0. The van der Waals surface area contributed by atoms with Crippen LogP contribution in [0, 0.1) is 0 Å². The first kappa shape index (κ1) is 14.6. The summed E-state index contributed by atoms with van der Waals surface area (Å²) < 4.78 is 5.30. The van der Waals surface area contributed by atoms with E-state index in [0.29, 0.717) is 12.4 Å². The van der Waals surface area contributed by atoms with Crippen LogP contribution in [0.4, 0.5) is 0 Å². The third-order valence-electron chi connectivity index (χ3n) is 3.29. The van der Waals surface area contributed by atoms with E-state index >= 15 is 0 Å². The van der Waals surface area contributed by atoms with Crippen LogP contribution in [0.25, 0.3) is 11.5 Å². The number of rotatable bonds is 7. The van der Waals surface area contributed by atoms with E-state index in [4.69, 9.17) is 10.3 Å². The van der Waals surface area contributed by atoms with Crippen LogP contribution in [0.5, 0.6) is 0 Å². The van der Waals surface area contributed by atoms with Gasteiger partial charge in [-0.15, -0.1) is 0 Å². The van der Waals surface area contributed by atoms with Crippen LogP contribution < -0.4 is 5.73 Å². The largest absolute Gasteiger partial charge is 0.334 e. The molecule has 0 saturated carbocycles. The number of nitrogens with two attached hydrogens (primary N) is 1. The van der Waals surface area contributed by atoms with Gasteiger partial charge in [-0.2, -0.15) is 4.98 Å². The Labute approximate surface area is 119 Å². The molecule has 0 unspecified atom stereocenters. The van der Waals surface area contributed by atoms with Crippen LogP contribution in [0.1, 0.15) is 25.4 Å². The maximum atomic E-state index is 5.58. The van der Waals surface area contributed by atoms with E-state index in [1.54, 1.807) is 6.20 Å². The van der Waals surface area contributed by atoms with Crippen LogP contribution >= 0.6 is 0 Å². The molecule has 20 heavy (non-hydrogen) atoms. The molecular weight excluding hydrogens is 254 g/mol. The molecule has 0 fully saturated rings. The summed E-state index contributed by atoms with van der Waals surface area (Å²) in [5.41, 5.74) is 7.25. The quantitative estimate of drug-likeness (QED) is 0.824. The molecule has 2 rings (SSSR count). The third-order valence-corrected chi connectivity index (χ3v) is 3.29. The van der Waals surface area contributed by atoms with Crippen LogP contribution in [-0.2, 0) is 13.0 Å². The number of hydrogen-bond acceptors (Lipinski definition) is 6. The molecule has 0 aromatic carbocycles. The summed E-state index contributed by atoms with van der Waals surface area (Å²) >= 11 is 0. The average molecular weight is 275 g/mol. The Morgan fingerprint density at radius 2 is 2.10 bits per heavy atom. The smallest absolute Gasteiger partial charge is 0.258 e. The molecule has 0 aliphatic rings. The number of aromatic nitrogens is 3. The molecular formula is C14H21N5O. The highest BCUT2D eigenvalue weighted by Gasteiger charge is 2.10. The maximum Gasteiger partial charge on any atom is 0.258 e. The highest BCUT2D eigenvalue weighted by atomic mass is 16.5. The first-order valence-electron chi connectivity index (χ1n) is 6.97. The molecule has 0 radical (unpaired) electrons. The van der Waals surface area contributed by atoms with Gasteiger partial charge in [-0.25, -0.2) is 0 Å². The first-order valence-corrected chi connectivity index (χ1v) is 6.97. The standard InChI is InChI=1S/C14H21N5O/c1-3-19(4-2)8-6-13-17-14(20-18-13)11-5-7-16-12(9-11)10-15/h5,7,9H,3-4,6,8,10,15H2,1-2H3. The van der Waals surface area contributed by atoms with E-state index in [-0.39, 0.29) is 0 Å². The summed E-state index contributed by atoms with van der Waals surface area (Å²) in [5.74, 6) is 1.26. The van der Waals surface area contributed by atoms with Gasteiger partial charge in [0, 0.05) is 31.3 Å². The van der Waals surface area contributed by atoms with Gasteiger partial charge in [0.25, 0.3) is 5.89 Å². The van der Waals surface area contributed by atoms with Crippen molar-refractivity contribution in [3.8, 4) is 11.5 Å². The van der Waals surface area contributed by atoms with Gasteiger partial charge in [0.2, 0.25) is 0 Å². The Morgan fingerprint density at radius 3 is 2.80 bits per heavy atom. The van der Waals surface area contributed by atoms with Crippen molar-refractivity contribution in [3.63, 3.8) is 0 Å². The summed E-state index contributed by atoms with van der Waals surface area (Å²) in [7, 11) is 0. The summed E-state index contributed by atoms with van der Waals surface area (Å²) in [4.78, 5) is 10.9. The van der Waals surface area contributed by atoms with Crippen LogP contribution in [0.15, 0.2) is 22.9 Å². The molecule has 2 aromatic heterocycles. The van der Waals surface area contributed by atoms with Crippen LogP contribution in [-0.4, -0.2) is 39.7 Å². The molecule has 0 atom stereocenters. The molecule has 108 valence electrons. The Morgan fingerprint density at radius 1 is 1.30 bits per heavy atom. The van der Waals surface area contributed by atoms with Gasteiger partial charge in [0.05, 0.1) is 5.69 Å². The van der Waals surface area contributed by atoms with E-state index < -0.39 is 0 Å². The molecule has 2 aromatic rings. The number of likely N-dealkylation sites (N-methyl/N-ethyl adjacent to an activating group) is 1. The van der Waals surface area contributed by atoms with Crippen molar-refractivity contribution in [3.05, 3.63) is 29.8 Å². The Bertz CT molecular complexity index is 536. The molecule has 0 aliphatic heterocycles. The molecule has 2 N–H and O–H groups in total.